The predicted octanol–water partition coefficient (Wildman–Crippen LogP) is 0.197. The molecule has 1 atom stereocenters. The Hall–Kier alpha value is -0.650. The summed E-state index contributed by atoms with van der Waals surface area (Å²) in [4.78, 5) is 11.4. The van der Waals surface area contributed by atoms with E-state index in [4.69, 9.17) is 15.2 Å². The van der Waals surface area contributed by atoms with Gasteiger partial charge >= 0.3 is 5.97 Å². The van der Waals surface area contributed by atoms with Gasteiger partial charge in [0.15, 0.2) is 0 Å². The van der Waals surface area contributed by atoms with E-state index in [0.717, 1.165) is 0 Å². The molecule has 16 heavy (non-hydrogen) atoms. The molecule has 1 rings (SSSR count). The Kier molecular flexibility index (Phi) is 3.93. The SMILES string of the molecule is CC(C)(C)OC(=O)CCC(N)C1(O)COC1. The zero-order valence-corrected chi connectivity index (χ0v) is 10.2. The lowest BCUT2D eigenvalue weighted by Crippen LogP contribution is -2.61. The number of nitrogens with two attached hydrogens (primary N) is 1. The lowest BCUT2D eigenvalue weighted by Gasteiger charge is -2.40. The van der Waals surface area contributed by atoms with Crippen molar-refractivity contribution in [3.8, 4) is 0 Å². The molecule has 0 aliphatic carbocycles. The zero-order chi connectivity index (χ0) is 12.4. The van der Waals surface area contributed by atoms with E-state index in [1.165, 1.54) is 0 Å². The second-order valence-electron chi connectivity index (χ2n) is 5.33. The first kappa shape index (κ1) is 13.4. The maximum absolute atomic E-state index is 11.4. The van der Waals surface area contributed by atoms with Crippen molar-refractivity contribution >= 4 is 5.97 Å². The van der Waals surface area contributed by atoms with Gasteiger partial charge in [0, 0.05) is 12.5 Å². The molecule has 94 valence electrons. The van der Waals surface area contributed by atoms with E-state index in [1.54, 1.807) is 0 Å². The standard InChI is InChI=1S/C11H21NO4/c1-10(2,3)16-9(13)5-4-8(12)11(14)6-15-7-11/h8,14H,4-7,12H2,1-3H3. The van der Waals surface area contributed by atoms with Gasteiger partial charge in [-0.2, -0.15) is 0 Å². The number of hydrogen-bond donors (Lipinski definition) is 2. The minimum atomic E-state index is -0.956. The fourth-order valence-electron chi connectivity index (χ4n) is 1.46. The van der Waals surface area contributed by atoms with Gasteiger partial charge < -0.3 is 20.3 Å². The van der Waals surface area contributed by atoms with Gasteiger partial charge in [0.1, 0.15) is 11.2 Å². The van der Waals surface area contributed by atoms with Crippen LogP contribution in [0.4, 0.5) is 0 Å². The molecule has 1 saturated heterocycles. The van der Waals surface area contributed by atoms with E-state index in [1.807, 2.05) is 20.8 Å². The number of ether oxygens (including phenoxy) is 2. The van der Waals surface area contributed by atoms with Gasteiger partial charge in [-0.15, -0.1) is 0 Å². The topological polar surface area (TPSA) is 81.8 Å². The molecule has 1 fully saturated rings. The Morgan fingerprint density at radius 3 is 2.50 bits per heavy atom. The molecule has 5 nitrogen and oxygen atoms in total. The van der Waals surface area contributed by atoms with Crippen LogP contribution in [0, 0.1) is 0 Å². The number of carbonyl (C=O) groups is 1. The monoisotopic (exact) mass is 231 g/mol. The van der Waals surface area contributed by atoms with E-state index in [0.29, 0.717) is 6.42 Å². The van der Waals surface area contributed by atoms with Gasteiger partial charge in [-0.05, 0) is 27.2 Å². The maximum Gasteiger partial charge on any atom is 0.306 e. The highest BCUT2D eigenvalue weighted by Crippen LogP contribution is 2.22. The Bertz CT molecular complexity index is 255. The van der Waals surface area contributed by atoms with Crippen LogP contribution >= 0.6 is 0 Å². The minimum absolute atomic E-state index is 0.223. The molecule has 1 unspecified atom stereocenters. The highest BCUT2D eigenvalue weighted by molar-refractivity contribution is 5.69. The maximum atomic E-state index is 11.4. The average molecular weight is 231 g/mol. The van der Waals surface area contributed by atoms with E-state index in [9.17, 15) is 9.90 Å². The molecule has 0 radical (unpaired) electrons. The molecule has 0 amide bonds. The van der Waals surface area contributed by atoms with Crippen LogP contribution in [0.2, 0.25) is 0 Å². The average Bonchev–Trinajstić information content (AvgIpc) is 2.07. The number of aliphatic hydroxyl groups is 1. The lowest BCUT2D eigenvalue weighted by atomic mass is 9.90. The van der Waals surface area contributed by atoms with Crippen LogP contribution in [-0.4, -0.2) is 41.5 Å². The van der Waals surface area contributed by atoms with E-state index < -0.39 is 17.2 Å². The molecule has 5 heteroatoms. The molecule has 1 aliphatic rings. The van der Waals surface area contributed by atoms with Crippen LogP contribution in [-0.2, 0) is 14.3 Å². The van der Waals surface area contributed by atoms with Crippen molar-refractivity contribution in [3.05, 3.63) is 0 Å². The Morgan fingerprint density at radius 2 is 2.12 bits per heavy atom. The van der Waals surface area contributed by atoms with Gasteiger partial charge in [-0.25, -0.2) is 0 Å². The lowest BCUT2D eigenvalue weighted by molar-refractivity contribution is -0.191. The number of rotatable bonds is 4. The molecule has 0 aromatic heterocycles. The van der Waals surface area contributed by atoms with Gasteiger partial charge in [0.2, 0.25) is 0 Å². The van der Waals surface area contributed by atoms with Crippen LogP contribution in [0.5, 0.6) is 0 Å². The quantitative estimate of drug-likeness (QED) is 0.675. The molecular weight excluding hydrogens is 210 g/mol. The van der Waals surface area contributed by atoms with Crippen molar-refractivity contribution in [2.45, 2.75) is 50.9 Å². The largest absolute Gasteiger partial charge is 0.460 e. The Labute approximate surface area is 95.9 Å². The van der Waals surface area contributed by atoms with E-state index >= 15 is 0 Å². The zero-order valence-electron chi connectivity index (χ0n) is 10.2. The molecule has 0 spiro atoms. The van der Waals surface area contributed by atoms with Crippen molar-refractivity contribution < 1.29 is 19.4 Å². The molecule has 3 N–H and O–H groups in total. The molecule has 0 aromatic rings. The summed E-state index contributed by atoms with van der Waals surface area (Å²) in [6, 6.07) is -0.436. The highest BCUT2D eigenvalue weighted by atomic mass is 16.6. The first-order chi connectivity index (χ1) is 7.23. The molecule has 0 bridgehead atoms. The third kappa shape index (κ3) is 3.73. The first-order valence-electron chi connectivity index (χ1n) is 5.50. The van der Waals surface area contributed by atoms with Crippen LogP contribution in [0.3, 0.4) is 0 Å². The number of carbonyl (C=O) groups excluding carboxylic acids is 1. The summed E-state index contributed by atoms with van der Waals surface area (Å²) in [7, 11) is 0. The minimum Gasteiger partial charge on any atom is -0.460 e. The van der Waals surface area contributed by atoms with E-state index in [-0.39, 0.29) is 25.6 Å². The Morgan fingerprint density at radius 1 is 1.56 bits per heavy atom. The second-order valence-corrected chi connectivity index (χ2v) is 5.33. The van der Waals surface area contributed by atoms with Crippen LogP contribution in [0.15, 0.2) is 0 Å². The van der Waals surface area contributed by atoms with Crippen molar-refractivity contribution in [2.75, 3.05) is 13.2 Å². The summed E-state index contributed by atoms with van der Waals surface area (Å²) in [6.07, 6.45) is 0.634. The summed E-state index contributed by atoms with van der Waals surface area (Å²) in [5.41, 5.74) is 4.36. The van der Waals surface area contributed by atoms with Crippen LogP contribution in [0.25, 0.3) is 0 Å². The van der Waals surface area contributed by atoms with Crippen molar-refractivity contribution in [1.82, 2.24) is 0 Å². The normalized spacial score (nSPS) is 21.1. The van der Waals surface area contributed by atoms with Gasteiger partial charge in [0.05, 0.1) is 13.2 Å². The smallest absolute Gasteiger partial charge is 0.306 e. The fraction of sp³-hybridized carbons (Fsp3) is 0.909. The van der Waals surface area contributed by atoms with Gasteiger partial charge in [-0.3, -0.25) is 4.79 Å². The number of esters is 1. The summed E-state index contributed by atoms with van der Waals surface area (Å²) < 4.78 is 10.0. The van der Waals surface area contributed by atoms with E-state index in [2.05, 4.69) is 0 Å². The molecular formula is C11H21NO4. The summed E-state index contributed by atoms with van der Waals surface area (Å²) >= 11 is 0. The molecule has 1 heterocycles. The number of hydrogen-bond acceptors (Lipinski definition) is 5. The molecule has 1 aliphatic heterocycles. The fourth-order valence-corrected chi connectivity index (χ4v) is 1.46. The van der Waals surface area contributed by atoms with Crippen LogP contribution < -0.4 is 5.73 Å². The predicted molar refractivity (Wildman–Crippen MR) is 58.8 cm³/mol. The third-order valence-corrected chi connectivity index (χ3v) is 2.47. The second kappa shape index (κ2) is 4.69. The Balaban J connectivity index is 2.26. The molecule has 0 saturated carbocycles. The first-order valence-corrected chi connectivity index (χ1v) is 5.50. The van der Waals surface area contributed by atoms with Gasteiger partial charge in [0.25, 0.3) is 0 Å². The van der Waals surface area contributed by atoms with Crippen molar-refractivity contribution in [1.29, 1.82) is 0 Å². The van der Waals surface area contributed by atoms with Crippen LogP contribution in [0.1, 0.15) is 33.6 Å². The highest BCUT2D eigenvalue weighted by Gasteiger charge is 2.42. The van der Waals surface area contributed by atoms with Gasteiger partial charge in [-0.1, -0.05) is 0 Å². The molecule has 0 aromatic carbocycles. The van der Waals surface area contributed by atoms with Crippen molar-refractivity contribution in [3.63, 3.8) is 0 Å². The summed E-state index contributed by atoms with van der Waals surface area (Å²) in [5, 5.41) is 9.82. The summed E-state index contributed by atoms with van der Waals surface area (Å²) in [5.74, 6) is -0.285. The van der Waals surface area contributed by atoms with Crippen molar-refractivity contribution in [2.24, 2.45) is 5.73 Å². The third-order valence-electron chi connectivity index (χ3n) is 2.47. The summed E-state index contributed by atoms with van der Waals surface area (Å²) in [6.45, 7) is 5.96.